The summed E-state index contributed by atoms with van der Waals surface area (Å²) in [6.45, 7) is 5.17. The molecule has 2 nitrogen and oxygen atoms in total. The molecule has 0 unspecified atom stereocenters. The van der Waals surface area contributed by atoms with E-state index in [4.69, 9.17) is 0 Å². The van der Waals surface area contributed by atoms with Gasteiger partial charge in [-0.05, 0) is 24.5 Å². The minimum atomic E-state index is -0.144. The Kier molecular flexibility index (Phi) is 5.46. The molecule has 0 aliphatic rings. The molecule has 0 bridgehead atoms. The highest BCUT2D eigenvalue weighted by molar-refractivity contribution is 9.10. The number of hydrogen-bond donors (Lipinski definition) is 2. The van der Waals surface area contributed by atoms with Gasteiger partial charge in [0.15, 0.2) is 0 Å². The third-order valence-electron chi connectivity index (χ3n) is 3.27. The SMILES string of the molecule is CCC(CC)(CO)NCc1ccccc1Br. The molecule has 90 valence electrons. The van der Waals surface area contributed by atoms with Crippen molar-refractivity contribution in [3.8, 4) is 0 Å². The average molecular weight is 286 g/mol. The standard InChI is InChI=1S/C13H20BrNO/c1-3-13(4-2,10-16)15-9-11-7-5-6-8-12(11)14/h5-8,15-16H,3-4,9-10H2,1-2H3. The van der Waals surface area contributed by atoms with Crippen molar-refractivity contribution in [2.45, 2.75) is 38.8 Å². The van der Waals surface area contributed by atoms with Crippen LogP contribution in [0.2, 0.25) is 0 Å². The van der Waals surface area contributed by atoms with Gasteiger partial charge in [0.2, 0.25) is 0 Å². The van der Waals surface area contributed by atoms with Crippen molar-refractivity contribution in [2.24, 2.45) is 0 Å². The first-order chi connectivity index (χ1) is 7.67. The van der Waals surface area contributed by atoms with Gasteiger partial charge in [-0.1, -0.05) is 48.0 Å². The molecule has 0 spiro atoms. The topological polar surface area (TPSA) is 32.3 Å². The molecule has 0 aliphatic heterocycles. The van der Waals surface area contributed by atoms with Crippen LogP contribution in [0.25, 0.3) is 0 Å². The van der Waals surface area contributed by atoms with Gasteiger partial charge in [0.25, 0.3) is 0 Å². The van der Waals surface area contributed by atoms with Crippen LogP contribution in [0, 0.1) is 0 Å². The van der Waals surface area contributed by atoms with E-state index in [1.54, 1.807) is 0 Å². The Morgan fingerprint density at radius 3 is 2.38 bits per heavy atom. The second-order valence-corrected chi connectivity index (χ2v) is 4.94. The zero-order chi connectivity index (χ0) is 12.0. The lowest BCUT2D eigenvalue weighted by atomic mass is 9.93. The maximum Gasteiger partial charge on any atom is 0.0613 e. The molecule has 16 heavy (non-hydrogen) atoms. The minimum absolute atomic E-state index is 0.144. The number of halogens is 1. The fourth-order valence-corrected chi connectivity index (χ4v) is 2.13. The number of rotatable bonds is 6. The van der Waals surface area contributed by atoms with E-state index in [2.05, 4.69) is 41.2 Å². The highest BCUT2D eigenvalue weighted by Gasteiger charge is 2.24. The van der Waals surface area contributed by atoms with Crippen LogP contribution in [0.3, 0.4) is 0 Å². The third-order valence-corrected chi connectivity index (χ3v) is 4.04. The smallest absolute Gasteiger partial charge is 0.0613 e. The molecular weight excluding hydrogens is 266 g/mol. The Morgan fingerprint density at radius 1 is 1.25 bits per heavy atom. The second-order valence-electron chi connectivity index (χ2n) is 4.09. The van der Waals surface area contributed by atoms with Crippen molar-refractivity contribution in [3.05, 3.63) is 34.3 Å². The van der Waals surface area contributed by atoms with Gasteiger partial charge in [0.1, 0.15) is 0 Å². The third kappa shape index (κ3) is 3.30. The fourth-order valence-electron chi connectivity index (χ4n) is 1.70. The lowest BCUT2D eigenvalue weighted by Crippen LogP contribution is -2.47. The minimum Gasteiger partial charge on any atom is -0.394 e. The summed E-state index contributed by atoms with van der Waals surface area (Å²) in [5, 5.41) is 12.9. The maximum absolute atomic E-state index is 9.45. The lowest BCUT2D eigenvalue weighted by Gasteiger charge is -2.31. The zero-order valence-electron chi connectivity index (χ0n) is 9.96. The number of nitrogens with one attached hydrogen (secondary N) is 1. The summed E-state index contributed by atoms with van der Waals surface area (Å²) in [6, 6.07) is 8.16. The molecule has 0 atom stereocenters. The zero-order valence-corrected chi connectivity index (χ0v) is 11.5. The Labute approximate surface area is 106 Å². The molecule has 0 heterocycles. The molecular formula is C13H20BrNO. The molecule has 3 heteroatoms. The van der Waals surface area contributed by atoms with Gasteiger partial charge in [-0.3, -0.25) is 0 Å². The van der Waals surface area contributed by atoms with Crippen LogP contribution in [0.4, 0.5) is 0 Å². The van der Waals surface area contributed by atoms with Crippen LogP contribution in [0.15, 0.2) is 28.7 Å². The highest BCUT2D eigenvalue weighted by atomic mass is 79.9. The van der Waals surface area contributed by atoms with E-state index in [1.807, 2.05) is 18.2 Å². The van der Waals surface area contributed by atoms with Gasteiger partial charge >= 0.3 is 0 Å². The first kappa shape index (κ1) is 13.7. The van der Waals surface area contributed by atoms with Gasteiger partial charge in [-0.15, -0.1) is 0 Å². The number of aliphatic hydroxyl groups is 1. The van der Waals surface area contributed by atoms with E-state index in [9.17, 15) is 5.11 Å². The van der Waals surface area contributed by atoms with Crippen LogP contribution < -0.4 is 5.32 Å². The van der Waals surface area contributed by atoms with E-state index < -0.39 is 0 Å². The van der Waals surface area contributed by atoms with E-state index in [-0.39, 0.29) is 12.1 Å². The molecule has 1 aromatic carbocycles. The van der Waals surface area contributed by atoms with E-state index >= 15 is 0 Å². The summed E-state index contributed by atoms with van der Waals surface area (Å²) in [7, 11) is 0. The summed E-state index contributed by atoms with van der Waals surface area (Å²) in [4.78, 5) is 0. The first-order valence-electron chi connectivity index (χ1n) is 5.76. The van der Waals surface area contributed by atoms with Crippen molar-refractivity contribution in [1.29, 1.82) is 0 Å². The summed E-state index contributed by atoms with van der Waals surface area (Å²) in [6.07, 6.45) is 1.87. The molecule has 0 aliphatic carbocycles. The van der Waals surface area contributed by atoms with E-state index in [1.165, 1.54) is 5.56 Å². The highest BCUT2D eigenvalue weighted by Crippen LogP contribution is 2.19. The molecule has 1 rings (SSSR count). The van der Waals surface area contributed by atoms with Crippen molar-refractivity contribution in [3.63, 3.8) is 0 Å². The summed E-state index contributed by atoms with van der Waals surface area (Å²) >= 11 is 3.53. The summed E-state index contributed by atoms with van der Waals surface area (Å²) < 4.78 is 1.11. The number of benzene rings is 1. The molecule has 0 aromatic heterocycles. The predicted octanol–water partition coefficient (Wildman–Crippen LogP) is 3.09. The number of aliphatic hydroxyl groups excluding tert-OH is 1. The first-order valence-corrected chi connectivity index (χ1v) is 6.56. The van der Waals surface area contributed by atoms with Gasteiger partial charge < -0.3 is 10.4 Å². The van der Waals surface area contributed by atoms with Crippen LogP contribution in [0.1, 0.15) is 32.3 Å². The van der Waals surface area contributed by atoms with Crippen molar-refractivity contribution in [1.82, 2.24) is 5.32 Å². The Morgan fingerprint density at radius 2 is 1.88 bits per heavy atom. The van der Waals surface area contributed by atoms with Crippen LogP contribution in [-0.4, -0.2) is 17.3 Å². The molecule has 0 saturated carbocycles. The summed E-state index contributed by atoms with van der Waals surface area (Å²) in [5.41, 5.74) is 1.08. The molecule has 0 amide bonds. The summed E-state index contributed by atoms with van der Waals surface area (Å²) in [5.74, 6) is 0. The lowest BCUT2D eigenvalue weighted by molar-refractivity contribution is 0.149. The Balaban J connectivity index is 2.66. The molecule has 1 aromatic rings. The van der Waals surface area contributed by atoms with E-state index in [0.29, 0.717) is 0 Å². The second kappa shape index (κ2) is 6.38. The van der Waals surface area contributed by atoms with Crippen LogP contribution in [0.5, 0.6) is 0 Å². The van der Waals surface area contributed by atoms with Crippen LogP contribution >= 0.6 is 15.9 Å². The van der Waals surface area contributed by atoms with Crippen LogP contribution in [-0.2, 0) is 6.54 Å². The number of hydrogen-bond acceptors (Lipinski definition) is 2. The average Bonchev–Trinajstić information content (AvgIpc) is 2.34. The largest absolute Gasteiger partial charge is 0.394 e. The fraction of sp³-hybridized carbons (Fsp3) is 0.538. The van der Waals surface area contributed by atoms with Crippen molar-refractivity contribution in [2.75, 3.05) is 6.61 Å². The predicted molar refractivity (Wildman–Crippen MR) is 71.4 cm³/mol. The van der Waals surface area contributed by atoms with E-state index in [0.717, 1.165) is 23.9 Å². The van der Waals surface area contributed by atoms with Gasteiger partial charge in [-0.25, -0.2) is 0 Å². The molecule has 0 saturated heterocycles. The normalized spacial score (nSPS) is 11.8. The van der Waals surface area contributed by atoms with Gasteiger partial charge in [-0.2, -0.15) is 0 Å². The molecule has 0 fully saturated rings. The Hall–Kier alpha value is -0.380. The Bertz CT molecular complexity index is 315. The monoisotopic (exact) mass is 285 g/mol. The van der Waals surface area contributed by atoms with Crippen molar-refractivity contribution < 1.29 is 5.11 Å². The molecule has 0 radical (unpaired) electrons. The maximum atomic E-state index is 9.45. The van der Waals surface area contributed by atoms with Gasteiger partial charge in [0.05, 0.1) is 6.61 Å². The van der Waals surface area contributed by atoms with Gasteiger partial charge in [0, 0.05) is 16.6 Å². The molecule has 2 N–H and O–H groups in total. The quantitative estimate of drug-likeness (QED) is 0.842. The van der Waals surface area contributed by atoms with Crippen molar-refractivity contribution >= 4 is 15.9 Å².